The van der Waals surface area contributed by atoms with E-state index < -0.39 is 0 Å². The summed E-state index contributed by atoms with van der Waals surface area (Å²) in [4.78, 5) is 12.3. The van der Waals surface area contributed by atoms with Gasteiger partial charge < -0.3 is 20.1 Å². The molecular formula is C25H26N2O3. The van der Waals surface area contributed by atoms with E-state index in [0.717, 1.165) is 23.6 Å². The molecule has 0 aromatic heterocycles. The van der Waals surface area contributed by atoms with Gasteiger partial charge in [0.25, 0.3) is 0 Å². The molecule has 0 saturated heterocycles. The van der Waals surface area contributed by atoms with Crippen LogP contribution in [0.3, 0.4) is 0 Å². The lowest BCUT2D eigenvalue weighted by atomic mass is 10.2. The van der Waals surface area contributed by atoms with Crippen molar-refractivity contribution < 1.29 is 14.3 Å². The van der Waals surface area contributed by atoms with Crippen molar-refractivity contribution in [2.45, 2.75) is 6.42 Å². The van der Waals surface area contributed by atoms with Crippen LogP contribution >= 0.6 is 0 Å². The first-order valence-corrected chi connectivity index (χ1v) is 9.87. The van der Waals surface area contributed by atoms with Gasteiger partial charge in [-0.2, -0.15) is 0 Å². The number of anilines is 2. The molecule has 1 amide bonds. The fourth-order valence-electron chi connectivity index (χ4n) is 2.83. The monoisotopic (exact) mass is 402 g/mol. The third-order valence-corrected chi connectivity index (χ3v) is 4.28. The number of amides is 1. The normalized spacial score (nSPS) is 10.1. The summed E-state index contributed by atoms with van der Waals surface area (Å²) in [5.74, 6) is 1.30. The van der Waals surface area contributed by atoms with Gasteiger partial charge in [0, 0.05) is 29.9 Å². The van der Waals surface area contributed by atoms with Gasteiger partial charge in [0.15, 0.2) is 0 Å². The Morgan fingerprint density at radius 1 is 0.867 bits per heavy atom. The number of nitrogens with one attached hydrogen (secondary N) is 2. The van der Waals surface area contributed by atoms with Crippen LogP contribution < -0.4 is 20.1 Å². The maximum absolute atomic E-state index is 12.3. The predicted octanol–water partition coefficient (Wildman–Crippen LogP) is 4.92. The quantitative estimate of drug-likeness (QED) is 0.447. The average molecular weight is 402 g/mol. The molecule has 3 aromatic carbocycles. The minimum atomic E-state index is -0.145. The van der Waals surface area contributed by atoms with Crippen molar-refractivity contribution in [3.8, 4) is 11.5 Å². The van der Waals surface area contributed by atoms with E-state index in [4.69, 9.17) is 9.47 Å². The molecule has 0 fully saturated rings. The third kappa shape index (κ3) is 7.02. The van der Waals surface area contributed by atoms with Crippen LogP contribution in [0.2, 0.25) is 0 Å². The molecule has 0 unspecified atom stereocenters. The van der Waals surface area contributed by atoms with E-state index in [-0.39, 0.29) is 12.5 Å². The summed E-state index contributed by atoms with van der Waals surface area (Å²) < 4.78 is 11.3. The van der Waals surface area contributed by atoms with Gasteiger partial charge in [-0.1, -0.05) is 55.1 Å². The first-order valence-electron chi connectivity index (χ1n) is 9.87. The number of hydrogen-bond acceptors (Lipinski definition) is 4. The van der Waals surface area contributed by atoms with Gasteiger partial charge in [0.2, 0.25) is 5.91 Å². The molecular weight excluding hydrogens is 376 g/mol. The highest BCUT2D eigenvalue weighted by Gasteiger charge is 2.05. The fraction of sp³-hybridized carbons (Fsp3) is 0.160. The molecule has 0 atom stereocenters. The molecule has 0 aliphatic heterocycles. The molecule has 5 nitrogen and oxygen atoms in total. The molecule has 0 radical (unpaired) electrons. The van der Waals surface area contributed by atoms with E-state index in [1.807, 2.05) is 66.7 Å². The Labute approximate surface area is 177 Å². The second-order valence-electron chi connectivity index (χ2n) is 6.64. The van der Waals surface area contributed by atoms with Crippen molar-refractivity contribution in [1.82, 2.24) is 0 Å². The standard InChI is InChI=1S/C25H26N2O3/c1-2-15-29-23-12-6-10-21(17-23)26-19-25(28)27-22-11-7-13-24(18-22)30-16-14-20-8-4-3-5-9-20/h2-13,17-18,26H,1,14-16,19H2,(H,27,28). The first-order chi connectivity index (χ1) is 14.7. The van der Waals surface area contributed by atoms with Crippen molar-refractivity contribution >= 4 is 17.3 Å². The molecule has 0 saturated carbocycles. The Bertz CT molecular complexity index is 957. The zero-order valence-electron chi connectivity index (χ0n) is 16.8. The van der Waals surface area contributed by atoms with Crippen LogP contribution in [0.5, 0.6) is 11.5 Å². The van der Waals surface area contributed by atoms with Gasteiger partial charge in [-0.3, -0.25) is 4.79 Å². The summed E-state index contributed by atoms with van der Waals surface area (Å²) in [7, 11) is 0. The number of carbonyl (C=O) groups excluding carboxylic acids is 1. The van der Waals surface area contributed by atoms with E-state index in [2.05, 4.69) is 29.3 Å². The number of carbonyl (C=O) groups is 1. The van der Waals surface area contributed by atoms with E-state index in [0.29, 0.717) is 18.9 Å². The van der Waals surface area contributed by atoms with Crippen LogP contribution in [0.1, 0.15) is 5.56 Å². The molecule has 0 aliphatic rings. The zero-order chi connectivity index (χ0) is 21.0. The summed E-state index contributed by atoms with van der Waals surface area (Å²) in [5.41, 5.74) is 2.73. The van der Waals surface area contributed by atoms with E-state index >= 15 is 0 Å². The SMILES string of the molecule is C=CCOc1cccc(NCC(=O)Nc2cccc(OCCc3ccccc3)c2)c1. The molecule has 0 heterocycles. The topological polar surface area (TPSA) is 59.6 Å². The Morgan fingerprint density at radius 2 is 1.57 bits per heavy atom. The molecule has 3 rings (SSSR count). The highest BCUT2D eigenvalue weighted by Crippen LogP contribution is 2.19. The largest absolute Gasteiger partial charge is 0.493 e. The number of rotatable bonds is 11. The molecule has 30 heavy (non-hydrogen) atoms. The Morgan fingerprint density at radius 3 is 2.33 bits per heavy atom. The summed E-state index contributed by atoms with van der Waals surface area (Å²) in [5, 5.41) is 5.98. The number of ether oxygens (including phenoxy) is 2. The summed E-state index contributed by atoms with van der Waals surface area (Å²) in [6, 6.07) is 25.1. The lowest BCUT2D eigenvalue weighted by molar-refractivity contribution is -0.114. The Balaban J connectivity index is 1.46. The molecule has 154 valence electrons. The molecule has 0 spiro atoms. The molecule has 5 heteroatoms. The maximum atomic E-state index is 12.3. The number of benzene rings is 3. The van der Waals surface area contributed by atoms with Crippen LogP contribution in [0.15, 0.2) is 91.5 Å². The lowest BCUT2D eigenvalue weighted by Crippen LogP contribution is -2.21. The van der Waals surface area contributed by atoms with Crippen molar-refractivity contribution in [2.75, 3.05) is 30.4 Å². The summed E-state index contributed by atoms with van der Waals surface area (Å²) >= 11 is 0. The van der Waals surface area contributed by atoms with Gasteiger partial charge in [-0.25, -0.2) is 0 Å². The number of hydrogen-bond donors (Lipinski definition) is 2. The molecule has 0 bridgehead atoms. The van der Waals surface area contributed by atoms with Gasteiger partial charge in [0.1, 0.15) is 18.1 Å². The van der Waals surface area contributed by atoms with E-state index in [1.54, 1.807) is 6.08 Å². The predicted molar refractivity (Wildman–Crippen MR) is 121 cm³/mol. The van der Waals surface area contributed by atoms with Crippen LogP contribution in [0.25, 0.3) is 0 Å². The molecule has 2 N–H and O–H groups in total. The summed E-state index contributed by atoms with van der Waals surface area (Å²) in [6.07, 6.45) is 2.52. The van der Waals surface area contributed by atoms with Crippen LogP contribution in [-0.4, -0.2) is 25.7 Å². The lowest BCUT2D eigenvalue weighted by Gasteiger charge is -2.11. The Kier molecular flexibility index (Phi) is 7.92. The van der Waals surface area contributed by atoms with Crippen LogP contribution in [-0.2, 0) is 11.2 Å². The van der Waals surface area contributed by atoms with Gasteiger partial charge in [-0.05, 0) is 29.8 Å². The minimum Gasteiger partial charge on any atom is -0.493 e. The second kappa shape index (κ2) is 11.3. The van der Waals surface area contributed by atoms with Crippen molar-refractivity contribution in [3.05, 3.63) is 97.1 Å². The third-order valence-electron chi connectivity index (χ3n) is 4.28. The van der Waals surface area contributed by atoms with Gasteiger partial charge in [-0.15, -0.1) is 0 Å². The van der Waals surface area contributed by atoms with E-state index in [1.165, 1.54) is 5.56 Å². The summed E-state index contributed by atoms with van der Waals surface area (Å²) in [6.45, 7) is 4.79. The maximum Gasteiger partial charge on any atom is 0.243 e. The zero-order valence-corrected chi connectivity index (χ0v) is 16.8. The molecule has 3 aromatic rings. The van der Waals surface area contributed by atoms with E-state index in [9.17, 15) is 4.79 Å². The van der Waals surface area contributed by atoms with Crippen molar-refractivity contribution in [2.24, 2.45) is 0 Å². The minimum absolute atomic E-state index is 0.143. The Hall–Kier alpha value is -3.73. The van der Waals surface area contributed by atoms with Gasteiger partial charge in [0.05, 0.1) is 13.2 Å². The smallest absolute Gasteiger partial charge is 0.243 e. The van der Waals surface area contributed by atoms with Gasteiger partial charge >= 0.3 is 0 Å². The fourth-order valence-corrected chi connectivity index (χ4v) is 2.83. The highest BCUT2D eigenvalue weighted by molar-refractivity contribution is 5.93. The van der Waals surface area contributed by atoms with Crippen molar-refractivity contribution in [1.29, 1.82) is 0 Å². The first kappa shape index (κ1) is 21.0. The highest BCUT2D eigenvalue weighted by atomic mass is 16.5. The van der Waals surface area contributed by atoms with Crippen molar-refractivity contribution in [3.63, 3.8) is 0 Å². The molecule has 0 aliphatic carbocycles. The average Bonchev–Trinajstić information content (AvgIpc) is 2.78. The van der Waals surface area contributed by atoms with Crippen LogP contribution in [0, 0.1) is 0 Å². The van der Waals surface area contributed by atoms with Crippen LogP contribution in [0.4, 0.5) is 11.4 Å². The second-order valence-corrected chi connectivity index (χ2v) is 6.64.